The summed E-state index contributed by atoms with van der Waals surface area (Å²) in [5.41, 5.74) is 3.94. The van der Waals surface area contributed by atoms with Crippen molar-refractivity contribution < 1.29 is 14.3 Å². The molecule has 0 atom stereocenters. The van der Waals surface area contributed by atoms with E-state index in [2.05, 4.69) is 4.57 Å². The van der Waals surface area contributed by atoms with E-state index in [0.717, 1.165) is 34.4 Å². The maximum atomic E-state index is 12.5. The van der Waals surface area contributed by atoms with Crippen LogP contribution < -0.4 is 0 Å². The Morgan fingerprint density at radius 1 is 1.19 bits per heavy atom. The van der Waals surface area contributed by atoms with Crippen LogP contribution in [-0.2, 0) is 9.53 Å². The molecule has 1 aliphatic rings. The third-order valence-electron chi connectivity index (χ3n) is 4.23. The number of methoxy groups -OCH3 is 1. The molecular weight excluding hydrogens is 372 g/mol. The number of rotatable bonds is 5. The van der Waals surface area contributed by atoms with Crippen molar-refractivity contribution in [2.24, 2.45) is 0 Å². The lowest BCUT2D eigenvalue weighted by Gasteiger charge is -2.11. The zero-order valence-electron chi connectivity index (χ0n) is 14.8. The molecule has 0 saturated carbocycles. The summed E-state index contributed by atoms with van der Waals surface area (Å²) in [5, 5.41) is 0.422. The molecule has 1 saturated heterocycles. The molecule has 0 spiro atoms. The second kappa shape index (κ2) is 7.70. The van der Waals surface area contributed by atoms with E-state index in [1.807, 2.05) is 44.2 Å². The maximum Gasteiger partial charge on any atom is 0.293 e. The molecule has 0 aliphatic carbocycles. The topological polar surface area (TPSA) is 51.5 Å². The van der Waals surface area contributed by atoms with Crippen molar-refractivity contribution in [1.82, 2.24) is 9.47 Å². The highest BCUT2D eigenvalue weighted by Crippen LogP contribution is 2.33. The Bertz CT molecular complexity index is 887. The minimum atomic E-state index is -0.270. The Morgan fingerprint density at radius 3 is 2.54 bits per heavy atom. The van der Waals surface area contributed by atoms with Crippen molar-refractivity contribution in [1.29, 1.82) is 0 Å². The van der Waals surface area contributed by atoms with Crippen LogP contribution in [0.15, 0.2) is 35.2 Å². The number of thioether (sulfide) groups is 1. The largest absolute Gasteiger partial charge is 0.383 e. The number of halogens is 1. The number of aryl methyl sites for hydroxylation is 1. The van der Waals surface area contributed by atoms with Crippen LogP contribution in [0.4, 0.5) is 4.79 Å². The summed E-state index contributed by atoms with van der Waals surface area (Å²) in [4.78, 5) is 26.2. The molecule has 7 heteroatoms. The van der Waals surface area contributed by atoms with Gasteiger partial charge in [-0.1, -0.05) is 11.6 Å². The van der Waals surface area contributed by atoms with Gasteiger partial charge in [0.25, 0.3) is 11.1 Å². The van der Waals surface area contributed by atoms with E-state index >= 15 is 0 Å². The molecular formula is C19H19ClN2O3S. The molecule has 1 aliphatic heterocycles. The fraction of sp³-hybridized carbons (Fsp3) is 0.263. The normalized spacial score (nSPS) is 16.2. The van der Waals surface area contributed by atoms with Gasteiger partial charge in [-0.3, -0.25) is 14.5 Å². The van der Waals surface area contributed by atoms with Crippen LogP contribution in [0.3, 0.4) is 0 Å². The van der Waals surface area contributed by atoms with Gasteiger partial charge >= 0.3 is 0 Å². The predicted molar refractivity (Wildman–Crippen MR) is 105 cm³/mol. The van der Waals surface area contributed by atoms with Crippen molar-refractivity contribution >= 4 is 40.6 Å². The molecule has 2 amide bonds. The number of hydrogen-bond donors (Lipinski definition) is 0. The molecule has 0 bridgehead atoms. The number of nitrogens with zero attached hydrogens (tertiary/aromatic N) is 2. The number of benzene rings is 1. The Hall–Kier alpha value is -2.02. The first-order valence-corrected chi connectivity index (χ1v) is 9.31. The number of aromatic nitrogens is 1. The fourth-order valence-electron chi connectivity index (χ4n) is 2.94. The van der Waals surface area contributed by atoms with E-state index in [4.69, 9.17) is 16.3 Å². The number of imide groups is 1. The highest BCUT2D eigenvalue weighted by Gasteiger charge is 2.34. The first-order valence-electron chi connectivity index (χ1n) is 8.11. The highest BCUT2D eigenvalue weighted by molar-refractivity contribution is 8.18. The molecule has 1 aromatic heterocycles. The molecule has 2 aromatic rings. The first kappa shape index (κ1) is 18.8. The van der Waals surface area contributed by atoms with Crippen molar-refractivity contribution in [3.8, 4) is 5.69 Å². The Balaban J connectivity index is 1.93. The van der Waals surface area contributed by atoms with E-state index in [1.165, 1.54) is 4.90 Å². The van der Waals surface area contributed by atoms with E-state index in [-0.39, 0.29) is 17.7 Å². The minimum Gasteiger partial charge on any atom is -0.383 e. The summed E-state index contributed by atoms with van der Waals surface area (Å²) < 4.78 is 7.06. The molecule has 136 valence electrons. The number of hydrogen-bond acceptors (Lipinski definition) is 4. The van der Waals surface area contributed by atoms with E-state index in [0.29, 0.717) is 16.5 Å². The van der Waals surface area contributed by atoms with Gasteiger partial charge in [0.05, 0.1) is 18.1 Å². The maximum absolute atomic E-state index is 12.5. The van der Waals surface area contributed by atoms with Crippen molar-refractivity contribution in [3.63, 3.8) is 0 Å². The molecule has 0 radical (unpaired) electrons. The van der Waals surface area contributed by atoms with Crippen LogP contribution in [0.2, 0.25) is 5.02 Å². The average molecular weight is 391 g/mol. The smallest absolute Gasteiger partial charge is 0.293 e. The first-order chi connectivity index (χ1) is 12.4. The summed E-state index contributed by atoms with van der Waals surface area (Å²) in [6.07, 6.45) is 1.78. The third kappa shape index (κ3) is 3.58. The van der Waals surface area contributed by atoms with Crippen LogP contribution in [0.25, 0.3) is 11.8 Å². The standard InChI is InChI=1S/C19H19ClN2O3S/c1-12-10-14(13(2)22(12)16-6-4-15(20)5-7-16)11-17-18(23)21(8-9-25-3)19(24)26-17/h4-7,10-11H,8-9H2,1-3H3/b17-11-. The van der Waals surface area contributed by atoms with Crippen molar-refractivity contribution in [2.75, 3.05) is 20.3 Å². The molecule has 1 fully saturated rings. The fourth-order valence-corrected chi connectivity index (χ4v) is 3.92. The molecule has 2 heterocycles. The zero-order chi connectivity index (χ0) is 18.8. The van der Waals surface area contributed by atoms with Crippen LogP contribution in [0.5, 0.6) is 0 Å². The Labute approximate surface area is 161 Å². The van der Waals surface area contributed by atoms with Crippen LogP contribution in [0.1, 0.15) is 17.0 Å². The molecule has 3 rings (SSSR count). The van der Waals surface area contributed by atoms with Crippen molar-refractivity contribution in [3.05, 3.63) is 57.2 Å². The Morgan fingerprint density at radius 2 is 1.88 bits per heavy atom. The van der Waals surface area contributed by atoms with Gasteiger partial charge in [0.15, 0.2) is 0 Å². The Kier molecular flexibility index (Phi) is 5.55. The van der Waals surface area contributed by atoms with Crippen molar-refractivity contribution in [2.45, 2.75) is 13.8 Å². The second-order valence-corrected chi connectivity index (χ2v) is 7.39. The van der Waals surface area contributed by atoms with Crippen LogP contribution in [-0.4, -0.2) is 40.9 Å². The van der Waals surface area contributed by atoms with Crippen LogP contribution in [0, 0.1) is 13.8 Å². The van der Waals surface area contributed by atoms with Gasteiger partial charge in [0.1, 0.15) is 0 Å². The van der Waals surface area contributed by atoms with Gasteiger partial charge in [0.2, 0.25) is 0 Å². The quantitative estimate of drug-likeness (QED) is 0.708. The number of amides is 2. The SMILES string of the molecule is COCCN1C(=O)S/C(=C\c2cc(C)n(-c3ccc(Cl)cc3)c2C)C1=O. The van der Waals surface area contributed by atoms with E-state index < -0.39 is 0 Å². The number of carbonyl (C=O) groups excluding carboxylic acids is 2. The summed E-state index contributed by atoms with van der Waals surface area (Å²) in [6.45, 7) is 4.59. The van der Waals surface area contributed by atoms with Gasteiger partial charge in [0, 0.05) is 29.2 Å². The molecule has 26 heavy (non-hydrogen) atoms. The number of ether oxygens (including phenoxy) is 1. The molecule has 0 N–H and O–H groups in total. The van der Waals surface area contributed by atoms with Gasteiger partial charge in [-0.05, 0) is 67.6 Å². The van der Waals surface area contributed by atoms with Gasteiger partial charge in [-0.15, -0.1) is 0 Å². The van der Waals surface area contributed by atoms with Crippen LogP contribution >= 0.6 is 23.4 Å². The third-order valence-corrected chi connectivity index (χ3v) is 5.39. The molecule has 1 aromatic carbocycles. The summed E-state index contributed by atoms with van der Waals surface area (Å²) in [7, 11) is 1.54. The summed E-state index contributed by atoms with van der Waals surface area (Å²) >= 11 is 6.94. The zero-order valence-corrected chi connectivity index (χ0v) is 16.4. The van der Waals surface area contributed by atoms with E-state index in [9.17, 15) is 9.59 Å². The highest BCUT2D eigenvalue weighted by atomic mass is 35.5. The lowest BCUT2D eigenvalue weighted by Crippen LogP contribution is -2.31. The molecule has 0 unspecified atom stereocenters. The van der Waals surface area contributed by atoms with E-state index in [1.54, 1.807) is 13.2 Å². The van der Waals surface area contributed by atoms with Gasteiger partial charge < -0.3 is 9.30 Å². The summed E-state index contributed by atoms with van der Waals surface area (Å²) in [6, 6.07) is 9.59. The van der Waals surface area contributed by atoms with Gasteiger partial charge in [-0.2, -0.15) is 0 Å². The summed E-state index contributed by atoms with van der Waals surface area (Å²) in [5.74, 6) is -0.270. The lowest BCUT2D eigenvalue weighted by atomic mass is 10.2. The lowest BCUT2D eigenvalue weighted by molar-refractivity contribution is -0.123. The monoisotopic (exact) mass is 390 g/mol. The minimum absolute atomic E-state index is 0.259. The molecule has 5 nitrogen and oxygen atoms in total. The average Bonchev–Trinajstić information content (AvgIpc) is 3.03. The predicted octanol–water partition coefficient (Wildman–Crippen LogP) is 4.43. The second-order valence-electron chi connectivity index (χ2n) is 5.96. The number of carbonyl (C=O) groups is 2. The van der Waals surface area contributed by atoms with Gasteiger partial charge in [-0.25, -0.2) is 0 Å².